The van der Waals surface area contributed by atoms with Gasteiger partial charge in [-0.2, -0.15) is 0 Å². The van der Waals surface area contributed by atoms with Crippen LogP contribution in [-0.4, -0.2) is 39.2 Å². The second-order valence-corrected chi connectivity index (χ2v) is 8.91. The summed E-state index contributed by atoms with van der Waals surface area (Å²) in [5, 5.41) is 11.5. The molecule has 5 nitrogen and oxygen atoms in total. The standard InChI is InChI=1S/C24H24F3N5/c1-14-2-3-18(28-10-14)13-32-11-15-6-19(7-16(15)12-32)29-23-5-4-22(30-31-23)20-8-17(25)9-21(26)24(20)27/h2-5,8-10,15-16,19H,6-7,11-13H2,1H3,(H,29,31)/t15-,16+,19+. The van der Waals surface area contributed by atoms with Gasteiger partial charge in [0.2, 0.25) is 0 Å². The number of fused-ring (bicyclic) bond motifs is 1. The topological polar surface area (TPSA) is 53.9 Å². The van der Waals surface area contributed by atoms with E-state index in [1.807, 2.05) is 13.1 Å². The van der Waals surface area contributed by atoms with Gasteiger partial charge in [0.1, 0.15) is 11.6 Å². The number of pyridine rings is 1. The van der Waals surface area contributed by atoms with E-state index in [0.29, 0.717) is 29.8 Å². The highest BCUT2D eigenvalue weighted by Crippen LogP contribution is 2.39. The molecule has 0 amide bonds. The van der Waals surface area contributed by atoms with Gasteiger partial charge in [-0.1, -0.05) is 6.07 Å². The molecule has 1 aliphatic carbocycles. The maximum Gasteiger partial charge on any atom is 0.168 e. The van der Waals surface area contributed by atoms with Gasteiger partial charge >= 0.3 is 0 Å². The zero-order valence-corrected chi connectivity index (χ0v) is 17.7. The molecule has 0 radical (unpaired) electrons. The Morgan fingerprint density at radius 3 is 2.44 bits per heavy atom. The third-order valence-corrected chi connectivity index (χ3v) is 6.47. The fourth-order valence-corrected chi connectivity index (χ4v) is 4.97. The molecule has 1 saturated carbocycles. The molecule has 3 atom stereocenters. The monoisotopic (exact) mass is 439 g/mol. The molecule has 1 N–H and O–H groups in total. The van der Waals surface area contributed by atoms with Crippen molar-refractivity contribution in [3.8, 4) is 11.3 Å². The Hall–Kier alpha value is -3.00. The van der Waals surface area contributed by atoms with Crippen LogP contribution >= 0.6 is 0 Å². The van der Waals surface area contributed by atoms with Gasteiger partial charge in [0.05, 0.1) is 11.4 Å². The first-order valence-corrected chi connectivity index (χ1v) is 10.8. The molecule has 0 unspecified atom stereocenters. The van der Waals surface area contributed by atoms with Crippen LogP contribution in [0.15, 0.2) is 42.6 Å². The van der Waals surface area contributed by atoms with Crippen LogP contribution in [0, 0.1) is 36.2 Å². The molecule has 2 aromatic heterocycles. The highest BCUT2D eigenvalue weighted by atomic mass is 19.2. The van der Waals surface area contributed by atoms with Crippen molar-refractivity contribution in [2.24, 2.45) is 11.8 Å². The molecular formula is C24H24F3N5. The molecule has 1 saturated heterocycles. The lowest BCUT2D eigenvalue weighted by Gasteiger charge is -2.19. The number of aromatic nitrogens is 3. The fraction of sp³-hybridized carbons (Fsp3) is 0.375. The minimum absolute atomic E-state index is 0.0927. The molecule has 0 bridgehead atoms. The van der Waals surface area contributed by atoms with E-state index in [9.17, 15) is 13.2 Å². The third-order valence-electron chi connectivity index (χ3n) is 6.47. The van der Waals surface area contributed by atoms with Gasteiger partial charge in [-0.3, -0.25) is 9.88 Å². The molecule has 1 aliphatic heterocycles. The minimum atomic E-state index is -1.24. The van der Waals surface area contributed by atoms with Crippen molar-refractivity contribution < 1.29 is 13.2 Å². The van der Waals surface area contributed by atoms with Gasteiger partial charge in [0, 0.05) is 43.5 Å². The highest BCUT2D eigenvalue weighted by molar-refractivity contribution is 5.60. The molecule has 2 aliphatic rings. The summed E-state index contributed by atoms with van der Waals surface area (Å²) < 4.78 is 40.9. The molecule has 5 rings (SSSR count). The van der Waals surface area contributed by atoms with Crippen LogP contribution in [-0.2, 0) is 6.54 Å². The van der Waals surface area contributed by atoms with E-state index in [-0.39, 0.29) is 11.3 Å². The number of anilines is 1. The quantitative estimate of drug-likeness (QED) is 0.590. The molecule has 32 heavy (non-hydrogen) atoms. The molecule has 166 valence electrons. The number of nitrogens with one attached hydrogen (secondary N) is 1. The predicted octanol–water partition coefficient (Wildman–Crippen LogP) is 4.59. The zero-order valence-electron chi connectivity index (χ0n) is 17.7. The van der Waals surface area contributed by atoms with E-state index >= 15 is 0 Å². The summed E-state index contributed by atoms with van der Waals surface area (Å²) in [6.07, 6.45) is 4.02. The van der Waals surface area contributed by atoms with E-state index in [1.54, 1.807) is 6.07 Å². The smallest absolute Gasteiger partial charge is 0.168 e. The average Bonchev–Trinajstić information content (AvgIpc) is 3.31. The molecule has 8 heteroatoms. The molecule has 2 fully saturated rings. The number of rotatable bonds is 5. The summed E-state index contributed by atoms with van der Waals surface area (Å²) in [6, 6.07) is 9.13. The number of likely N-dealkylation sites (tertiary alicyclic amines) is 1. The lowest BCUT2D eigenvalue weighted by molar-refractivity contribution is 0.297. The van der Waals surface area contributed by atoms with E-state index in [0.717, 1.165) is 44.2 Å². The second-order valence-electron chi connectivity index (χ2n) is 8.91. The van der Waals surface area contributed by atoms with Crippen LogP contribution in [0.5, 0.6) is 0 Å². The fourth-order valence-electron chi connectivity index (χ4n) is 4.97. The van der Waals surface area contributed by atoms with Crippen molar-refractivity contribution in [3.63, 3.8) is 0 Å². The minimum Gasteiger partial charge on any atom is -0.366 e. The summed E-state index contributed by atoms with van der Waals surface area (Å²) in [6.45, 7) is 5.05. The molecular weight excluding hydrogens is 415 g/mol. The number of benzene rings is 1. The Morgan fingerprint density at radius 2 is 1.78 bits per heavy atom. The first kappa shape index (κ1) is 20.9. The second kappa shape index (κ2) is 8.50. The Bertz CT molecular complexity index is 1090. The average molecular weight is 439 g/mol. The summed E-state index contributed by atoms with van der Waals surface area (Å²) in [5.41, 5.74) is 2.13. The van der Waals surface area contributed by atoms with Crippen LogP contribution in [0.2, 0.25) is 0 Å². The first-order valence-electron chi connectivity index (χ1n) is 10.8. The van der Waals surface area contributed by atoms with Crippen LogP contribution in [0.4, 0.5) is 19.0 Å². The van der Waals surface area contributed by atoms with Gasteiger partial charge in [-0.15, -0.1) is 10.2 Å². The van der Waals surface area contributed by atoms with Crippen LogP contribution in [0.1, 0.15) is 24.1 Å². The molecule has 1 aromatic carbocycles. The van der Waals surface area contributed by atoms with Crippen LogP contribution in [0.25, 0.3) is 11.3 Å². The van der Waals surface area contributed by atoms with Crippen molar-refractivity contribution in [1.82, 2.24) is 20.1 Å². The predicted molar refractivity (Wildman–Crippen MR) is 115 cm³/mol. The number of nitrogens with zero attached hydrogens (tertiary/aromatic N) is 4. The van der Waals surface area contributed by atoms with Crippen molar-refractivity contribution >= 4 is 5.82 Å². The Kier molecular flexibility index (Phi) is 5.55. The zero-order chi connectivity index (χ0) is 22.2. The van der Waals surface area contributed by atoms with E-state index < -0.39 is 17.5 Å². The maximum atomic E-state index is 14.0. The Balaban J connectivity index is 1.17. The Morgan fingerprint density at radius 1 is 1.00 bits per heavy atom. The molecule has 0 spiro atoms. The maximum absolute atomic E-state index is 14.0. The van der Waals surface area contributed by atoms with E-state index in [2.05, 4.69) is 37.5 Å². The van der Waals surface area contributed by atoms with E-state index in [1.165, 1.54) is 11.6 Å². The SMILES string of the molecule is Cc1ccc(CN2C[C@H]3C[C@H](Nc4ccc(-c5cc(F)cc(F)c5F)nn4)C[C@H]3C2)nc1. The number of aryl methyl sites for hydroxylation is 1. The highest BCUT2D eigenvalue weighted by Gasteiger charge is 2.40. The van der Waals surface area contributed by atoms with Crippen molar-refractivity contribution in [1.29, 1.82) is 0 Å². The van der Waals surface area contributed by atoms with Gasteiger partial charge in [0.15, 0.2) is 11.6 Å². The summed E-state index contributed by atoms with van der Waals surface area (Å²) in [4.78, 5) is 6.99. The van der Waals surface area contributed by atoms with Crippen molar-refractivity contribution in [3.05, 3.63) is 71.3 Å². The van der Waals surface area contributed by atoms with Crippen molar-refractivity contribution in [2.75, 3.05) is 18.4 Å². The first-order chi connectivity index (χ1) is 15.4. The number of hydrogen-bond acceptors (Lipinski definition) is 5. The van der Waals surface area contributed by atoms with Gasteiger partial charge in [0.25, 0.3) is 0 Å². The van der Waals surface area contributed by atoms with Crippen molar-refractivity contribution in [2.45, 2.75) is 32.4 Å². The van der Waals surface area contributed by atoms with Crippen LogP contribution in [0.3, 0.4) is 0 Å². The molecule has 3 heterocycles. The normalized spacial score (nSPS) is 22.8. The molecule has 3 aromatic rings. The lowest BCUT2D eigenvalue weighted by Crippen LogP contribution is -2.25. The summed E-state index contributed by atoms with van der Waals surface area (Å²) >= 11 is 0. The summed E-state index contributed by atoms with van der Waals surface area (Å²) in [7, 11) is 0. The number of halogens is 3. The van der Waals surface area contributed by atoms with Gasteiger partial charge in [-0.05, 0) is 61.4 Å². The van der Waals surface area contributed by atoms with Gasteiger partial charge in [-0.25, -0.2) is 13.2 Å². The van der Waals surface area contributed by atoms with Crippen LogP contribution < -0.4 is 5.32 Å². The van der Waals surface area contributed by atoms with E-state index in [4.69, 9.17) is 0 Å². The summed E-state index contributed by atoms with van der Waals surface area (Å²) in [5.74, 6) is -1.38. The van der Waals surface area contributed by atoms with Gasteiger partial charge < -0.3 is 5.32 Å². The third kappa shape index (κ3) is 4.32. The number of hydrogen-bond donors (Lipinski definition) is 1. The lowest BCUT2D eigenvalue weighted by atomic mass is 10.0. The largest absolute Gasteiger partial charge is 0.366 e. The Labute approximate surface area is 184 Å².